The highest BCUT2D eigenvalue weighted by molar-refractivity contribution is 5.66. The van der Waals surface area contributed by atoms with E-state index in [1.807, 2.05) is 0 Å². The quantitative estimate of drug-likeness (QED) is 0.333. The van der Waals surface area contributed by atoms with Gasteiger partial charge in [0, 0.05) is 11.9 Å². The Kier molecular flexibility index (Phi) is 10.3. The van der Waals surface area contributed by atoms with Crippen molar-refractivity contribution in [3.63, 3.8) is 0 Å². The first-order valence-electron chi connectivity index (χ1n) is 12.8. The van der Waals surface area contributed by atoms with E-state index in [2.05, 4.69) is 52.8 Å². The summed E-state index contributed by atoms with van der Waals surface area (Å²) in [6.45, 7) is 13.3. The lowest BCUT2D eigenvalue weighted by Crippen LogP contribution is -2.47. The number of fused-ring (bicyclic) bond motifs is 1. The monoisotopic (exact) mass is 431 g/mol. The summed E-state index contributed by atoms with van der Waals surface area (Å²) in [4.78, 5) is 10.8. The van der Waals surface area contributed by atoms with E-state index in [-0.39, 0.29) is 11.5 Å². The van der Waals surface area contributed by atoms with Crippen LogP contribution >= 0.6 is 0 Å². The van der Waals surface area contributed by atoms with Gasteiger partial charge in [0.2, 0.25) is 0 Å². The molecule has 3 heteroatoms. The van der Waals surface area contributed by atoms with E-state index in [1.165, 1.54) is 50.5 Å². The molecular formula is C28H47O3-. The van der Waals surface area contributed by atoms with Crippen LogP contribution in [0.15, 0.2) is 23.8 Å². The van der Waals surface area contributed by atoms with Gasteiger partial charge in [0.1, 0.15) is 0 Å². The molecule has 0 bridgehead atoms. The Morgan fingerprint density at radius 1 is 1.19 bits per heavy atom. The van der Waals surface area contributed by atoms with Crippen LogP contribution in [0.25, 0.3) is 0 Å². The smallest absolute Gasteiger partial charge is 0.0676 e. The number of ether oxygens (including phenoxy) is 1. The van der Waals surface area contributed by atoms with Crippen molar-refractivity contribution in [3.05, 3.63) is 23.8 Å². The average molecular weight is 432 g/mol. The Labute approximate surface area is 191 Å². The van der Waals surface area contributed by atoms with Gasteiger partial charge in [-0.25, -0.2) is 0 Å². The Bertz CT molecular complexity index is 622. The maximum atomic E-state index is 10.8. The highest BCUT2D eigenvalue weighted by Gasteiger charge is 2.42. The maximum absolute atomic E-state index is 10.8. The van der Waals surface area contributed by atoms with Crippen LogP contribution in [0.4, 0.5) is 0 Å². The van der Waals surface area contributed by atoms with Crippen LogP contribution in [-0.4, -0.2) is 17.7 Å². The Morgan fingerprint density at radius 2 is 1.90 bits per heavy atom. The van der Waals surface area contributed by atoms with E-state index >= 15 is 0 Å². The molecule has 0 aromatic rings. The number of carboxylic acid groups (broad SMARTS) is 1. The summed E-state index contributed by atoms with van der Waals surface area (Å²) in [6.07, 6.45) is 18.7. The predicted molar refractivity (Wildman–Crippen MR) is 127 cm³/mol. The lowest BCUT2D eigenvalue weighted by molar-refractivity contribution is -0.311. The van der Waals surface area contributed by atoms with Crippen molar-refractivity contribution in [2.45, 2.75) is 117 Å². The van der Waals surface area contributed by atoms with E-state index < -0.39 is 5.97 Å². The molecule has 3 nitrogen and oxygen atoms in total. The van der Waals surface area contributed by atoms with Gasteiger partial charge in [-0.1, -0.05) is 70.8 Å². The number of carbonyl (C=O) groups excluding carboxylic acids is 1. The van der Waals surface area contributed by atoms with Crippen LogP contribution in [0.2, 0.25) is 0 Å². The molecule has 0 N–H and O–H groups in total. The normalized spacial score (nSPS) is 33.0. The number of hydrogen-bond donors (Lipinski definition) is 0. The number of rotatable bonds is 12. The summed E-state index contributed by atoms with van der Waals surface area (Å²) in [5.74, 6) is 1.33. The van der Waals surface area contributed by atoms with Crippen molar-refractivity contribution >= 4 is 5.97 Å². The molecule has 0 spiro atoms. The number of hydrogen-bond acceptors (Lipinski definition) is 3. The Morgan fingerprint density at radius 3 is 2.61 bits per heavy atom. The molecule has 0 radical (unpaired) electrons. The van der Waals surface area contributed by atoms with Gasteiger partial charge in [0.15, 0.2) is 0 Å². The van der Waals surface area contributed by atoms with E-state index in [1.54, 1.807) is 6.92 Å². The van der Waals surface area contributed by atoms with Gasteiger partial charge in [0.25, 0.3) is 0 Å². The summed E-state index contributed by atoms with van der Waals surface area (Å²) in [6, 6.07) is 0. The second-order valence-electron chi connectivity index (χ2n) is 11.1. The molecule has 0 aromatic heterocycles. The molecule has 1 heterocycles. The highest BCUT2D eigenvalue weighted by atomic mass is 16.5. The highest BCUT2D eigenvalue weighted by Crippen LogP contribution is 2.43. The molecule has 2 rings (SSSR count). The molecule has 178 valence electrons. The van der Waals surface area contributed by atoms with Gasteiger partial charge in [0.05, 0.1) is 11.7 Å². The van der Waals surface area contributed by atoms with Crippen LogP contribution in [0, 0.1) is 29.6 Å². The van der Waals surface area contributed by atoms with Crippen molar-refractivity contribution in [2.24, 2.45) is 29.6 Å². The predicted octanol–water partition coefficient (Wildman–Crippen LogP) is 6.47. The van der Waals surface area contributed by atoms with Gasteiger partial charge in [-0.05, 0) is 82.5 Å². The summed E-state index contributed by atoms with van der Waals surface area (Å²) in [7, 11) is 0. The van der Waals surface area contributed by atoms with Gasteiger partial charge in [-0.3, -0.25) is 0 Å². The topological polar surface area (TPSA) is 49.4 Å². The van der Waals surface area contributed by atoms with Crippen molar-refractivity contribution < 1.29 is 14.6 Å². The minimum atomic E-state index is -0.938. The lowest BCUT2D eigenvalue weighted by Gasteiger charge is -2.47. The second kappa shape index (κ2) is 12.2. The van der Waals surface area contributed by atoms with Crippen LogP contribution < -0.4 is 5.11 Å². The number of carbonyl (C=O) groups is 1. The fourth-order valence-corrected chi connectivity index (χ4v) is 5.29. The van der Waals surface area contributed by atoms with Crippen LogP contribution in [0.1, 0.15) is 106 Å². The third kappa shape index (κ3) is 8.40. The maximum Gasteiger partial charge on any atom is 0.0676 e. The molecule has 7 unspecified atom stereocenters. The first-order valence-corrected chi connectivity index (χ1v) is 12.8. The third-order valence-corrected chi connectivity index (χ3v) is 8.02. The number of allylic oxidation sites excluding steroid dienone is 3. The van der Waals surface area contributed by atoms with Gasteiger partial charge in [-0.2, -0.15) is 0 Å². The summed E-state index contributed by atoms with van der Waals surface area (Å²) in [5.41, 5.74) is 1.45. The molecule has 1 aliphatic carbocycles. The fourth-order valence-electron chi connectivity index (χ4n) is 5.29. The fraction of sp³-hybridized carbons (Fsp3) is 0.821. The minimum Gasteiger partial charge on any atom is -0.550 e. The first-order chi connectivity index (χ1) is 14.6. The zero-order chi connectivity index (χ0) is 23.0. The molecule has 31 heavy (non-hydrogen) atoms. The number of aliphatic carboxylic acids is 1. The molecule has 0 amide bonds. The van der Waals surface area contributed by atoms with Crippen LogP contribution in [0.5, 0.6) is 0 Å². The molecule has 1 aliphatic heterocycles. The average Bonchev–Trinajstić information content (AvgIpc) is 2.71. The van der Waals surface area contributed by atoms with Crippen molar-refractivity contribution in [1.29, 1.82) is 0 Å². The zero-order valence-electron chi connectivity index (χ0n) is 21.0. The zero-order valence-corrected chi connectivity index (χ0v) is 21.0. The standard InChI is InChI=1S/C28H48O3/c1-20(12-8-14-23(4)27(29)30)10-7-11-21(2)13-9-18-28(6)19-17-25-16-15-22(3)24(5)26(25)31-28/h12,15-16,21-26H,7-11,13-14,17-19H2,1-6H3,(H,29,30)/p-1/b20-12+. The molecule has 2 aliphatic rings. The van der Waals surface area contributed by atoms with Crippen LogP contribution in [0.3, 0.4) is 0 Å². The molecule has 0 aromatic carbocycles. The molecule has 0 saturated carbocycles. The summed E-state index contributed by atoms with van der Waals surface area (Å²) >= 11 is 0. The van der Waals surface area contributed by atoms with E-state index in [0.29, 0.717) is 30.3 Å². The molecule has 1 saturated heterocycles. The van der Waals surface area contributed by atoms with Crippen LogP contribution in [-0.2, 0) is 9.53 Å². The second-order valence-corrected chi connectivity index (χ2v) is 11.1. The Hall–Kier alpha value is -1.09. The van der Waals surface area contributed by atoms with Gasteiger partial charge >= 0.3 is 0 Å². The molecule has 7 atom stereocenters. The summed E-state index contributed by atoms with van der Waals surface area (Å²) < 4.78 is 6.72. The molecular weight excluding hydrogens is 384 g/mol. The van der Waals surface area contributed by atoms with E-state index in [9.17, 15) is 9.90 Å². The first kappa shape index (κ1) is 26.2. The van der Waals surface area contributed by atoms with Gasteiger partial charge < -0.3 is 14.6 Å². The minimum absolute atomic E-state index is 0.0575. The lowest BCUT2D eigenvalue weighted by atomic mass is 9.72. The van der Waals surface area contributed by atoms with Crippen molar-refractivity contribution in [1.82, 2.24) is 0 Å². The van der Waals surface area contributed by atoms with E-state index in [0.717, 1.165) is 18.8 Å². The SMILES string of the molecule is C/C(=C\CCC(C)C(=O)[O-])CCCC(C)CCCC1(C)CCC2C=CC(C)C(C)C2O1. The van der Waals surface area contributed by atoms with Crippen molar-refractivity contribution in [2.75, 3.05) is 0 Å². The number of carboxylic acids is 1. The molecule has 1 fully saturated rings. The van der Waals surface area contributed by atoms with Gasteiger partial charge in [-0.15, -0.1) is 0 Å². The largest absolute Gasteiger partial charge is 0.550 e. The third-order valence-electron chi connectivity index (χ3n) is 8.02. The Balaban J connectivity index is 1.63. The van der Waals surface area contributed by atoms with E-state index in [4.69, 9.17) is 4.74 Å². The van der Waals surface area contributed by atoms with Crippen molar-refractivity contribution in [3.8, 4) is 0 Å². The summed E-state index contributed by atoms with van der Waals surface area (Å²) in [5, 5.41) is 10.8.